The fraction of sp³-hybridized carbons (Fsp3) is 1.00. The summed E-state index contributed by atoms with van der Waals surface area (Å²) >= 11 is 6.99. The Labute approximate surface area is 103 Å². The van der Waals surface area contributed by atoms with E-state index in [0.717, 1.165) is 5.75 Å². The lowest BCUT2D eigenvalue weighted by molar-refractivity contribution is 0.0000793. The average Bonchev–Trinajstić information content (AvgIpc) is 2.36. The SMILES string of the molecule is [B][C@@H]1O[C@](C)(CS[P+](C)=S)C(C)[C@@H]1OC. The summed E-state index contributed by atoms with van der Waals surface area (Å²) in [6.45, 7) is 6.30. The second-order valence-corrected chi connectivity index (χ2v) is 10.3. The zero-order valence-electron chi connectivity index (χ0n) is 9.60. The van der Waals surface area contributed by atoms with Crippen LogP contribution in [-0.2, 0) is 21.3 Å². The second kappa shape index (κ2) is 5.46. The van der Waals surface area contributed by atoms with Crippen molar-refractivity contribution >= 4 is 36.9 Å². The first-order chi connectivity index (χ1) is 6.90. The normalized spacial score (nSPS) is 41.9. The molecule has 0 aromatic carbocycles. The number of hydrogen-bond acceptors (Lipinski definition) is 4. The molecule has 15 heavy (non-hydrogen) atoms. The van der Waals surface area contributed by atoms with Crippen molar-refractivity contribution in [1.82, 2.24) is 0 Å². The van der Waals surface area contributed by atoms with Gasteiger partial charge in [-0.1, -0.05) is 6.92 Å². The highest BCUT2D eigenvalue weighted by molar-refractivity contribution is 8.64. The number of methoxy groups -OCH3 is 1. The molecule has 2 unspecified atom stereocenters. The van der Waals surface area contributed by atoms with Gasteiger partial charge in [-0.25, -0.2) is 0 Å². The highest BCUT2D eigenvalue weighted by Crippen LogP contribution is 2.44. The second-order valence-electron chi connectivity index (χ2n) is 4.10. The van der Waals surface area contributed by atoms with E-state index in [1.165, 1.54) is 0 Å². The molecule has 6 heteroatoms. The lowest BCUT2D eigenvalue weighted by atomic mass is 9.84. The minimum absolute atomic E-state index is 0.0104. The Balaban J connectivity index is 2.65. The summed E-state index contributed by atoms with van der Waals surface area (Å²) < 4.78 is 11.2. The molecule has 0 amide bonds. The van der Waals surface area contributed by atoms with E-state index in [1.54, 1.807) is 18.5 Å². The van der Waals surface area contributed by atoms with Gasteiger partial charge in [0.2, 0.25) is 5.90 Å². The van der Waals surface area contributed by atoms with Crippen molar-refractivity contribution in [2.75, 3.05) is 19.5 Å². The van der Waals surface area contributed by atoms with E-state index in [2.05, 4.69) is 20.5 Å². The van der Waals surface area contributed by atoms with Crippen LogP contribution < -0.4 is 0 Å². The molecule has 1 fully saturated rings. The van der Waals surface area contributed by atoms with Crippen molar-refractivity contribution in [2.45, 2.75) is 31.6 Å². The van der Waals surface area contributed by atoms with Gasteiger partial charge in [-0.3, -0.25) is 0 Å². The quantitative estimate of drug-likeness (QED) is 0.571. The van der Waals surface area contributed by atoms with Gasteiger partial charge < -0.3 is 9.47 Å². The summed E-state index contributed by atoms with van der Waals surface area (Å²) in [7, 11) is 7.57. The topological polar surface area (TPSA) is 18.5 Å². The summed E-state index contributed by atoms with van der Waals surface area (Å²) in [5.41, 5.74) is -0.208. The Morgan fingerprint density at radius 1 is 1.67 bits per heavy atom. The van der Waals surface area contributed by atoms with Crippen LogP contribution in [0.1, 0.15) is 13.8 Å². The van der Waals surface area contributed by atoms with Crippen LogP contribution in [0.4, 0.5) is 0 Å². The lowest BCUT2D eigenvalue weighted by Gasteiger charge is -2.27. The van der Waals surface area contributed by atoms with E-state index in [9.17, 15) is 0 Å². The molecule has 0 N–H and O–H groups in total. The van der Waals surface area contributed by atoms with Gasteiger partial charge in [-0.05, 0) is 6.92 Å². The smallest absolute Gasteiger partial charge is 0.242 e. The van der Waals surface area contributed by atoms with Crippen LogP contribution in [0.5, 0.6) is 0 Å². The zero-order valence-corrected chi connectivity index (χ0v) is 12.1. The number of ether oxygens (including phenoxy) is 2. The van der Waals surface area contributed by atoms with Crippen LogP contribution in [0.15, 0.2) is 0 Å². The number of rotatable bonds is 4. The Kier molecular flexibility index (Phi) is 5.07. The Morgan fingerprint density at radius 2 is 2.27 bits per heavy atom. The Bertz CT molecular complexity index is 254. The Morgan fingerprint density at radius 3 is 2.67 bits per heavy atom. The molecular weight excluding hydrogens is 246 g/mol. The van der Waals surface area contributed by atoms with Crippen molar-refractivity contribution in [2.24, 2.45) is 5.92 Å². The van der Waals surface area contributed by atoms with Crippen molar-refractivity contribution in [3.63, 3.8) is 0 Å². The molecule has 1 aliphatic rings. The van der Waals surface area contributed by atoms with Gasteiger partial charge in [0.05, 0.1) is 28.8 Å². The predicted octanol–water partition coefficient (Wildman–Crippen LogP) is 2.14. The molecule has 0 saturated carbocycles. The van der Waals surface area contributed by atoms with E-state index >= 15 is 0 Å². The first-order valence-electron chi connectivity index (χ1n) is 4.90. The van der Waals surface area contributed by atoms with Gasteiger partial charge in [0, 0.05) is 19.0 Å². The summed E-state index contributed by atoms with van der Waals surface area (Å²) in [6, 6.07) is -0.316. The maximum Gasteiger partial charge on any atom is 0.242 e. The minimum atomic E-state index is -0.362. The van der Waals surface area contributed by atoms with Crippen LogP contribution in [0, 0.1) is 5.92 Å². The van der Waals surface area contributed by atoms with E-state index in [4.69, 9.17) is 29.1 Å². The van der Waals surface area contributed by atoms with Crippen LogP contribution >= 0.6 is 17.3 Å². The molecule has 0 aromatic heterocycles. The molecule has 1 saturated heterocycles. The minimum Gasteiger partial charge on any atom is -0.379 e. The molecule has 2 radical (unpaired) electrons. The summed E-state index contributed by atoms with van der Waals surface area (Å²) in [5, 5.41) is 0. The third-order valence-corrected chi connectivity index (χ3v) is 6.48. The van der Waals surface area contributed by atoms with Crippen LogP contribution in [0.2, 0.25) is 0 Å². The van der Waals surface area contributed by atoms with Crippen LogP contribution in [0.25, 0.3) is 0 Å². The molecule has 1 rings (SSSR count). The predicted molar refractivity (Wildman–Crippen MR) is 71.7 cm³/mol. The average molecular weight is 263 g/mol. The highest BCUT2D eigenvalue weighted by Gasteiger charge is 2.48. The zero-order chi connectivity index (χ0) is 11.6. The molecule has 0 aromatic rings. The third-order valence-electron chi connectivity index (χ3n) is 2.99. The fourth-order valence-corrected chi connectivity index (χ4v) is 4.40. The van der Waals surface area contributed by atoms with Crippen molar-refractivity contribution < 1.29 is 9.47 Å². The monoisotopic (exact) mass is 263 g/mol. The van der Waals surface area contributed by atoms with Gasteiger partial charge in [-0.15, -0.1) is 0 Å². The molecule has 0 bridgehead atoms. The molecule has 5 atom stereocenters. The molecular formula is C9H17BO2PS2+. The van der Waals surface area contributed by atoms with Gasteiger partial charge in [0.25, 0.3) is 0 Å². The maximum absolute atomic E-state index is 5.88. The van der Waals surface area contributed by atoms with Gasteiger partial charge in [0.15, 0.2) is 11.8 Å². The molecule has 84 valence electrons. The first kappa shape index (κ1) is 13.9. The van der Waals surface area contributed by atoms with Gasteiger partial charge in [-0.2, -0.15) is 0 Å². The molecule has 2 nitrogen and oxygen atoms in total. The largest absolute Gasteiger partial charge is 0.379 e. The lowest BCUT2D eigenvalue weighted by Crippen LogP contribution is -2.36. The summed E-state index contributed by atoms with van der Waals surface area (Å²) in [5.74, 6) is 0.835. The molecule has 1 heterocycles. The third kappa shape index (κ3) is 3.16. The summed E-state index contributed by atoms with van der Waals surface area (Å²) in [6.07, 6.45) is -0.0104. The van der Waals surface area contributed by atoms with Gasteiger partial charge >= 0.3 is 0 Å². The Hall–Kier alpha value is 0.855. The van der Waals surface area contributed by atoms with E-state index in [0.29, 0.717) is 5.92 Å². The fourth-order valence-electron chi connectivity index (χ4n) is 1.84. The molecule has 0 spiro atoms. The van der Waals surface area contributed by atoms with Crippen LogP contribution in [0.3, 0.4) is 0 Å². The number of hydrogen-bond donors (Lipinski definition) is 0. The van der Waals surface area contributed by atoms with Crippen molar-refractivity contribution in [3.8, 4) is 0 Å². The molecule has 0 aliphatic carbocycles. The standard InChI is InChI=1S/C9H17BO2PS2/c1-6-7(11-3)8(10)12-9(6,2)5-15-13(4)14/h6-8H,5H2,1-4H3/q+1/t6?,7-,8+,9+/m0/s1. The van der Waals surface area contributed by atoms with Crippen molar-refractivity contribution in [3.05, 3.63) is 0 Å². The first-order valence-corrected chi connectivity index (χ1v) is 9.30. The van der Waals surface area contributed by atoms with E-state index in [1.807, 2.05) is 0 Å². The molecule has 1 aliphatic heterocycles. The van der Waals surface area contributed by atoms with E-state index < -0.39 is 0 Å². The van der Waals surface area contributed by atoms with Crippen molar-refractivity contribution in [1.29, 1.82) is 0 Å². The van der Waals surface area contributed by atoms with Crippen LogP contribution in [-0.4, -0.2) is 45.1 Å². The maximum atomic E-state index is 5.88. The van der Waals surface area contributed by atoms with Gasteiger partial charge in [0.1, 0.15) is 14.5 Å². The summed E-state index contributed by atoms with van der Waals surface area (Å²) in [4.78, 5) is 0. The highest BCUT2D eigenvalue weighted by atomic mass is 32.9. The van der Waals surface area contributed by atoms with E-state index in [-0.39, 0.29) is 23.6 Å².